The van der Waals surface area contributed by atoms with Crippen molar-refractivity contribution in [2.45, 2.75) is 90.2 Å². The highest BCUT2D eigenvalue weighted by Crippen LogP contribution is 2.67. The summed E-state index contributed by atoms with van der Waals surface area (Å²) in [4.78, 5) is 0. The molecule has 1 heteroatoms. The van der Waals surface area contributed by atoms with E-state index in [-0.39, 0.29) is 0 Å². The normalized spacial score (nSPS) is 57.8. The quantitative estimate of drug-likeness (QED) is 0.534. The molecule has 0 aromatic heterocycles. The smallest absolute Gasteiger partial charge is 0.00198 e. The summed E-state index contributed by atoms with van der Waals surface area (Å²) in [5.41, 5.74) is 1.35. The molecule has 22 heavy (non-hydrogen) atoms. The van der Waals surface area contributed by atoms with E-state index in [1.807, 2.05) is 0 Å². The Morgan fingerprint density at radius 1 is 0.864 bits per heavy atom. The molecule has 0 spiro atoms. The lowest BCUT2D eigenvalue weighted by molar-refractivity contribution is -0.110. The van der Waals surface area contributed by atoms with Gasteiger partial charge in [-0.05, 0) is 98.2 Å². The molecule has 0 radical (unpaired) electrons. The van der Waals surface area contributed by atoms with Gasteiger partial charge < -0.3 is 0 Å². The largest absolute Gasteiger partial charge is 0.176 e. The van der Waals surface area contributed by atoms with Crippen molar-refractivity contribution in [3.8, 4) is 0 Å². The standard InChI is InChI=1S/C21H36S/c1-4-14-6-8-18-17-7-5-15-13-16(22)9-11-21(15,3)19(17)10-12-20(14,18)2/h14-19,22H,4-13H2,1-3H3. The first-order valence-electron chi connectivity index (χ1n) is 10.2. The van der Waals surface area contributed by atoms with Gasteiger partial charge in [-0.15, -0.1) is 0 Å². The maximum atomic E-state index is 4.83. The first kappa shape index (κ1) is 15.9. The van der Waals surface area contributed by atoms with Crippen molar-refractivity contribution in [3.05, 3.63) is 0 Å². The Morgan fingerprint density at radius 3 is 2.36 bits per heavy atom. The number of fused-ring (bicyclic) bond motifs is 5. The van der Waals surface area contributed by atoms with Crippen LogP contribution in [0.3, 0.4) is 0 Å². The van der Waals surface area contributed by atoms with Gasteiger partial charge in [-0.1, -0.05) is 27.2 Å². The number of hydrogen-bond acceptors (Lipinski definition) is 1. The molecule has 8 atom stereocenters. The van der Waals surface area contributed by atoms with Gasteiger partial charge in [-0.25, -0.2) is 0 Å². The van der Waals surface area contributed by atoms with Crippen LogP contribution in [-0.4, -0.2) is 5.25 Å². The fraction of sp³-hybridized carbons (Fsp3) is 1.00. The Morgan fingerprint density at radius 2 is 1.59 bits per heavy atom. The van der Waals surface area contributed by atoms with Crippen LogP contribution < -0.4 is 0 Å². The lowest BCUT2D eigenvalue weighted by atomic mass is 9.45. The second kappa shape index (κ2) is 5.43. The summed E-state index contributed by atoms with van der Waals surface area (Å²) in [6.07, 6.45) is 14.9. The second-order valence-electron chi connectivity index (χ2n) is 9.81. The van der Waals surface area contributed by atoms with Crippen molar-refractivity contribution in [1.29, 1.82) is 0 Å². The topological polar surface area (TPSA) is 0 Å². The van der Waals surface area contributed by atoms with Crippen LogP contribution >= 0.6 is 12.6 Å². The Hall–Kier alpha value is 0.350. The van der Waals surface area contributed by atoms with Gasteiger partial charge >= 0.3 is 0 Å². The lowest BCUT2D eigenvalue weighted by Crippen LogP contribution is -2.53. The number of rotatable bonds is 1. The summed E-state index contributed by atoms with van der Waals surface area (Å²) in [6.45, 7) is 7.80. The Kier molecular flexibility index (Phi) is 3.91. The molecule has 0 saturated heterocycles. The summed E-state index contributed by atoms with van der Waals surface area (Å²) in [5, 5.41) is 0.694. The molecule has 126 valence electrons. The molecule has 0 bridgehead atoms. The lowest BCUT2D eigenvalue weighted by Gasteiger charge is -2.61. The molecule has 0 aliphatic heterocycles. The minimum absolute atomic E-state index is 0.660. The van der Waals surface area contributed by atoms with Gasteiger partial charge in [0, 0.05) is 5.25 Å². The van der Waals surface area contributed by atoms with Crippen molar-refractivity contribution in [2.24, 2.45) is 40.4 Å². The monoisotopic (exact) mass is 320 g/mol. The average molecular weight is 321 g/mol. The van der Waals surface area contributed by atoms with Crippen LogP contribution in [0.1, 0.15) is 85.0 Å². The first-order valence-corrected chi connectivity index (χ1v) is 10.7. The maximum Gasteiger partial charge on any atom is 0.00198 e. The first-order chi connectivity index (χ1) is 10.5. The van der Waals surface area contributed by atoms with Crippen LogP contribution in [0.15, 0.2) is 0 Å². The summed E-state index contributed by atoms with van der Waals surface area (Å²) >= 11 is 4.83. The zero-order valence-electron chi connectivity index (χ0n) is 15.0. The third-order valence-corrected chi connectivity index (χ3v) is 9.80. The molecule has 4 aliphatic rings. The van der Waals surface area contributed by atoms with Gasteiger partial charge in [0.2, 0.25) is 0 Å². The van der Waals surface area contributed by atoms with E-state index < -0.39 is 0 Å². The molecule has 0 aromatic carbocycles. The molecule has 4 rings (SSSR count). The van der Waals surface area contributed by atoms with Crippen LogP contribution in [-0.2, 0) is 0 Å². The minimum atomic E-state index is 0.660. The zero-order chi connectivity index (χ0) is 15.5. The number of thiol groups is 1. The predicted molar refractivity (Wildman–Crippen MR) is 98.3 cm³/mol. The number of hydrogen-bond donors (Lipinski definition) is 1. The predicted octanol–water partition coefficient (Wildman–Crippen LogP) is 6.35. The molecule has 4 aliphatic carbocycles. The molecule has 4 fully saturated rings. The van der Waals surface area contributed by atoms with Crippen LogP contribution in [0.25, 0.3) is 0 Å². The summed E-state index contributed by atoms with van der Waals surface area (Å²) in [5.74, 6) is 5.17. The van der Waals surface area contributed by atoms with E-state index in [1.54, 1.807) is 19.3 Å². The molecule has 8 unspecified atom stereocenters. The van der Waals surface area contributed by atoms with Crippen LogP contribution in [0.5, 0.6) is 0 Å². The van der Waals surface area contributed by atoms with Gasteiger partial charge in [0.15, 0.2) is 0 Å². The van der Waals surface area contributed by atoms with E-state index >= 15 is 0 Å². The van der Waals surface area contributed by atoms with Gasteiger partial charge in [0.1, 0.15) is 0 Å². The Balaban J connectivity index is 1.61. The molecule has 0 aromatic rings. The van der Waals surface area contributed by atoms with E-state index in [0.717, 1.165) is 29.6 Å². The molecular weight excluding hydrogens is 284 g/mol. The van der Waals surface area contributed by atoms with Gasteiger partial charge in [0.05, 0.1) is 0 Å². The summed E-state index contributed by atoms with van der Waals surface area (Å²) < 4.78 is 0. The Bertz CT molecular complexity index is 432. The van der Waals surface area contributed by atoms with Crippen molar-refractivity contribution in [3.63, 3.8) is 0 Å². The van der Waals surface area contributed by atoms with E-state index in [2.05, 4.69) is 20.8 Å². The van der Waals surface area contributed by atoms with Crippen LogP contribution in [0, 0.1) is 40.4 Å². The third-order valence-electron chi connectivity index (χ3n) is 9.33. The molecule has 4 saturated carbocycles. The van der Waals surface area contributed by atoms with Crippen LogP contribution in [0.4, 0.5) is 0 Å². The minimum Gasteiger partial charge on any atom is -0.176 e. The van der Waals surface area contributed by atoms with Crippen LogP contribution in [0.2, 0.25) is 0 Å². The van der Waals surface area contributed by atoms with Crippen molar-refractivity contribution >= 4 is 12.6 Å². The van der Waals surface area contributed by atoms with Gasteiger partial charge in [-0.3, -0.25) is 0 Å². The van der Waals surface area contributed by atoms with Crippen molar-refractivity contribution in [2.75, 3.05) is 0 Å². The van der Waals surface area contributed by atoms with E-state index in [0.29, 0.717) is 16.1 Å². The van der Waals surface area contributed by atoms with Gasteiger partial charge in [-0.2, -0.15) is 12.6 Å². The highest BCUT2D eigenvalue weighted by molar-refractivity contribution is 7.80. The zero-order valence-corrected chi connectivity index (χ0v) is 15.9. The van der Waals surface area contributed by atoms with Crippen molar-refractivity contribution < 1.29 is 0 Å². The average Bonchev–Trinajstić information content (AvgIpc) is 2.84. The Labute approximate surface area is 143 Å². The highest BCUT2D eigenvalue weighted by Gasteiger charge is 2.59. The summed E-state index contributed by atoms with van der Waals surface area (Å²) in [6, 6.07) is 0. The fourth-order valence-electron chi connectivity index (χ4n) is 8.01. The molecule has 0 nitrogen and oxygen atoms in total. The second-order valence-corrected chi connectivity index (χ2v) is 10.5. The van der Waals surface area contributed by atoms with E-state index in [4.69, 9.17) is 12.6 Å². The fourth-order valence-corrected chi connectivity index (χ4v) is 8.40. The maximum absolute atomic E-state index is 4.83. The molecule has 0 amide bonds. The molecule has 0 heterocycles. The molecular formula is C21H36S. The van der Waals surface area contributed by atoms with E-state index in [1.165, 1.54) is 44.9 Å². The molecule has 0 N–H and O–H groups in total. The summed E-state index contributed by atoms with van der Waals surface area (Å²) in [7, 11) is 0. The van der Waals surface area contributed by atoms with E-state index in [9.17, 15) is 0 Å². The van der Waals surface area contributed by atoms with Gasteiger partial charge in [0.25, 0.3) is 0 Å². The van der Waals surface area contributed by atoms with Crippen molar-refractivity contribution in [1.82, 2.24) is 0 Å². The highest BCUT2D eigenvalue weighted by atomic mass is 32.1. The SMILES string of the molecule is CCC1CCC2C3CCC4CC(S)CCC4(C)C3CCC12C. The third kappa shape index (κ3) is 2.09.